The van der Waals surface area contributed by atoms with Gasteiger partial charge in [-0.15, -0.1) is 5.10 Å². The molecule has 8 heteroatoms. The normalized spacial score (nSPS) is 11.3. The molecule has 4 N–H and O–H groups in total. The molecule has 1 heterocycles. The highest BCUT2D eigenvalue weighted by Gasteiger charge is 2.15. The number of anilines is 1. The SMILES string of the molecule is Cc1cccc(NC(=O)c2csnn2)c1/C(N)=N/O. The highest BCUT2D eigenvalue weighted by Crippen LogP contribution is 2.20. The maximum absolute atomic E-state index is 11.9. The van der Waals surface area contributed by atoms with Gasteiger partial charge in [0, 0.05) is 10.9 Å². The summed E-state index contributed by atoms with van der Waals surface area (Å²) in [7, 11) is 0. The van der Waals surface area contributed by atoms with Gasteiger partial charge in [-0.3, -0.25) is 4.79 Å². The van der Waals surface area contributed by atoms with E-state index in [0.29, 0.717) is 11.3 Å². The maximum atomic E-state index is 11.9. The topological polar surface area (TPSA) is 113 Å². The Bertz CT molecular complexity index is 624. The molecule has 0 aliphatic carbocycles. The molecule has 0 atom stereocenters. The molecular weight excluding hydrogens is 266 g/mol. The van der Waals surface area contributed by atoms with Crippen molar-refractivity contribution in [1.29, 1.82) is 0 Å². The molecular formula is C11H11N5O2S. The number of hydrogen-bond acceptors (Lipinski definition) is 6. The number of carbonyl (C=O) groups excluding carboxylic acids is 1. The lowest BCUT2D eigenvalue weighted by Crippen LogP contribution is -2.20. The first-order valence-corrected chi connectivity index (χ1v) is 6.13. The molecule has 7 nitrogen and oxygen atoms in total. The number of oxime groups is 1. The summed E-state index contributed by atoms with van der Waals surface area (Å²) in [6.07, 6.45) is 0. The first-order valence-electron chi connectivity index (χ1n) is 5.29. The van der Waals surface area contributed by atoms with Crippen LogP contribution >= 0.6 is 11.5 Å². The molecule has 0 bridgehead atoms. The molecule has 0 radical (unpaired) electrons. The predicted molar refractivity (Wildman–Crippen MR) is 71.6 cm³/mol. The number of hydrogen-bond donors (Lipinski definition) is 3. The Balaban J connectivity index is 2.36. The highest BCUT2D eigenvalue weighted by molar-refractivity contribution is 7.03. The van der Waals surface area contributed by atoms with Crippen molar-refractivity contribution in [2.75, 3.05) is 5.32 Å². The molecule has 0 aliphatic rings. The molecule has 1 aromatic carbocycles. The van der Waals surface area contributed by atoms with Crippen molar-refractivity contribution >= 4 is 29.0 Å². The first-order chi connectivity index (χ1) is 9.13. The number of amides is 1. The van der Waals surface area contributed by atoms with Gasteiger partial charge >= 0.3 is 0 Å². The van der Waals surface area contributed by atoms with Crippen LogP contribution in [0.4, 0.5) is 5.69 Å². The minimum atomic E-state index is -0.397. The number of carbonyl (C=O) groups is 1. The fourth-order valence-corrected chi connectivity index (χ4v) is 2.05. The van der Waals surface area contributed by atoms with Gasteiger partial charge in [0.15, 0.2) is 11.5 Å². The monoisotopic (exact) mass is 277 g/mol. The third-order valence-electron chi connectivity index (χ3n) is 2.48. The molecule has 0 fully saturated rings. The summed E-state index contributed by atoms with van der Waals surface area (Å²) in [5.74, 6) is -0.462. The summed E-state index contributed by atoms with van der Waals surface area (Å²) in [5.41, 5.74) is 7.54. The molecule has 1 amide bonds. The van der Waals surface area contributed by atoms with Gasteiger partial charge in [-0.05, 0) is 30.1 Å². The zero-order chi connectivity index (χ0) is 13.8. The molecule has 0 aliphatic heterocycles. The summed E-state index contributed by atoms with van der Waals surface area (Å²) in [6, 6.07) is 5.23. The van der Waals surface area contributed by atoms with E-state index < -0.39 is 5.91 Å². The predicted octanol–water partition coefficient (Wildman–Crippen LogP) is 1.19. The molecule has 0 saturated carbocycles. The van der Waals surface area contributed by atoms with Gasteiger partial charge in [0.05, 0.1) is 5.69 Å². The minimum Gasteiger partial charge on any atom is -0.409 e. The molecule has 19 heavy (non-hydrogen) atoms. The van der Waals surface area contributed by atoms with E-state index in [9.17, 15) is 4.79 Å². The molecule has 2 rings (SSSR count). The Hall–Kier alpha value is -2.48. The first kappa shape index (κ1) is 13.0. The molecule has 0 spiro atoms. The summed E-state index contributed by atoms with van der Waals surface area (Å²) < 4.78 is 3.62. The Morgan fingerprint density at radius 1 is 1.53 bits per heavy atom. The number of nitrogens with zero attached hydrogens (tertiary/aromatic N) is 3. The summed E-state index contributed by atoms with van der Waals surface area (Å²) in [5, 5.41) is 19.6. The van der Waals surface area contributed by atoms with Crippen LogP contribution in [0, 0.1) is 6.92 Å². The second-order valence-electron chi connectivity index (χ2n) is 3.73. The van der Waals surface area contributed by atoms with Crippen LogP contribution in [0.25, 0.3) is 0 Å². The third-order valence-corrected chi connectivity index (χ3v) is 2.98. The van der Waals surface area contributed by atoms with Crippen molar-refractivity contribution in [2.45, 2.75) is 6.92 Å². The van der Waals surface area contributed by atoms with E-state index >= 15 is 0 Å². The Labute approximate surface area is 112 Å². The van der Waals surface area contributed by atoms with Gasteiger partial charge in [-0.25, -0.2) is 0 Å². The van der Waals surface area contributed by atoms with Crippen LogP contribution in [-0.4, -0.2) is 26.5 Å². The zero-order valence-electron chi connectivity index (χ0n) is 9.99. The quantitative estimate of drug-likeness (QED) is 0.337. The van der Waals surface area contributed by atoms with Gasteiger partial charge in [-0.1, -0.05) is 21.8 Å². The van der Waals surface area contributed by atoms with Crippen LogP contribution in [0.3, 0.4) is 0 Å². The van der Waals surface area contributed by atoms with Crippen molar-refractivity contribution in [3.63, 3.8) is 0 Å². The van der Waals surface area contributed by atoms with Crippen LogP contribution in [0.15, 0.2) is 28.7 Å². The van der Waals surface area contributed by atoms with Crippen molar-refractivity contribution in [1.82, 2.24) is 9.59 Å². The van der Waals surface area contributed by atoms with E-state index in [4.69, 9.17) is 10.9 Å². The van der Waals surface area contributed by atoms with Crippen molar-refractivity contribution < 1.29 is 10.0 Å². The molecule has 1 aromatic heterocycles. The lowest BCUT2D eigenvalue weighted by Gasteiger charge is -2.11. The van der Waals surface area contributed by atoms with E-state index in [-0.39, 0.29) is 11.5 Å². The lowest BCUT2D eigenvalue weighted by atomic mass is 10.1. The molecule has 2 aromatic rings. The van der Waals surface area contributed by atoms with Gasteiger partial charge in [0.1, 0.15) is 0 Å². The van der Waals surface area contributed by atoms with Crippen LogP contribution in [0.5, 0.6) is 0 Å². The maximum Gasteiger partial charge on any atom is 0.277 e. The summed E-state index contributed by atoms with van der Waals surface area (Å²) >= 11 is 1.09. The van der Waals surface area contributed by atoms with E-state index in [1.165, 1.54) is 5.38 Å². The van der Waals surface area contributed by atoms with Gasteiger partial charge < -0.3 is 16.3 Å². The molecule has 0 unspecified atom stereocenters. The molecule has 0 saturated heterocycles. The van der Waals surface area contributed by atoms with Crippen LogP contribution in [0.2, 0.25) is 0 Å². The third kappa shape index (κ3) is 2.68. The number of amidine groups is 1. The summed E-state index contributed by atoms with van der Waals surface area (Å²) in [4.78, 5) is 11.9. The Morgan fingerprint density at radius 3 is 2.95 bits per heavy atom. The van der Waals surface area contributed by atoms with E-state index in [2.05, 4.69) is 20.1 Å². The van der Waals surface area contributed by atoms with Crippen molar-refractivity contribution in [3.05, 3.63) is 40.4 Å². The Kier molecular flexibility index (Phi) is 3.71. The minimum absolute atomic E-state index is 0.0650. The number of aromatic nitrogens is 2. The standard InChI is InChI=1S/C11H11N5O2S/c1-6-3-2-4-7(9(6)10(12)15-18)13-11(17)8-5-19-16-14-8/h2-5,18H,1H3,(H2,12,15)(H,13,17). The Morgan fingerprint density at radius 2 is 2.32 bits per heavy atom. The van der Waals surface area contributed by atoms with E-state index in [1.54, 1.807) is 25.1 Å². The smallest absolute Gasteiger partial charge is 0.277 e. The number of benzene rings is 1. The second-order valence-corrected chi connectivity index (χ2v) is 4.34. The van der Waals surface area contributed by atoms with Crippen molar-refractivity contribution in [3.8, 4) is 0 Å². The van der Waals surface area contributed by atoms with Crippen LogP contribution in [-0.2, 0) is 0 Å². The largest absolute Gasteiger partial charge is 0.409 e. The number of aryl methyl sites for hydroxylation is 1. The fourth-order valence-electron chi connectivity index (χ4n) is 1.61. The fraction of sp³-hybridized carbons (Fsp3) is 0.0909. The van der Waals surface area contributed by atoms with Crippen molar-refractivity contribution in [2.24, 2.45) is 10.9 Å². The summed E-state index contributed by atoms with van der Waals surface area (Å²) in [6.45, 7) is 1.80. The number of nitrogens with one attached hydrogen (secondary N) is 1. The van der Waals surface area contributed by atoms with E-state index in [1.807, 2.05) is 0 Å². The molecule has 98 valence electrons. The second kappa shape index (κ2) is 5.44. The van der Waals surface area contributed by atoms with Crippen LogP contribution < -0.4 is 11.1 Å². The van der Waals surface area contributed by atoms with Gasteiger partial charge in [-0.2, -0.15) is 0 Å². The van der Waals surface area contributed by atoms with Crippen LogP contribution in [0.1, 0.15) is 21.6 Å². The highest BCUT2D eigenvalue weighted by atomic mass is 32.1. The number of nitrogens with two attached hydrogens (primary N) is 1. The number of rotatable bonds is 3. The zero-order valence-corrected chi connectivity index (χ0v) is 10.8. The van der Waals surface area contributed by atoms with Gasteiger partial charge in [0.25, 0.3) is 5.91 Å². The lowest BCUT2D eigenvalue weighted by molar-refractivity contribution is 0.102. The van der Waals surface area contributed by atoms with E-state index in [0.717, 1.165) is 17.1 Å². The average molecular weight is 277 g/mol. The van der Waals surface area contributed by atoms with Gasteiger partial charge in [0.2, 0.25) is 0 Å². The average Bonchev–Trinajstić information content (AvgIpc) is 2.92.